The number of hydrogen-bond acceptors (Lipinski definition) is 4. The SMILES string of the molecule is Cc1cc(=O)oc2cc(NC(=S)Nc3nn(Cc4ccc(F)cc4)cc3Br)ccc12. The minimum Gasteiger partial charge on any atom is -0.423 e. The summed E-state index contributed by atoms with van der Waals surface area (Å²) in [5.74, 6) is 0.264. The van der Waals surface area contributed by atoms with Crippen molar-refractivity contribution in [2.45, 2.75) is 13.5 Å². The highest BCUT2D eigenvalue weighted by Crippen LogP contribution is 2.23. The zero-order valence-electron chi connectivity index (χ0n) is 15.8. The molecule has 6 nitrogen and oxygen atoms in total. The Morgan fingerprint density at radius 2 is 1.97 bits per heavy atom. The number of anilines is 2. The van der Waals surface area contributed by atoms with E-state index < -0.39 is 5.63 Å². The number of fused-ring (bicyclic) bond motifs is 1. The second kappa shape index (κ2) is 8.37. The Kier molecular flexibility index (Phi) is 5.65. The molecule has 2 aromatic carbocycles. The molecule has 2 heterocycles. The van der Waals surface area contributed by atoms with Crippen LogP contribution in [0.15, 0.2) is 68.4 Å². The molecule has 0 aliphatic rings. The highest BCUT2D eigenvalue weighted by atomic mass is 79.9. The minimum atomic E-state index is -0.395. The van der Waals surface area contributed by atoms with Gasteiger partial charge in [-0.2, -0.15) is 5.10 Å². The van der Waals surface area contributed by atoms with Crippen LogP contribution in [-0.2, 0) is 6.54 Å². The van der Waals surface area contributed by atoms with Crippen molar-refractivity contribution in [3.05, 3.63) is 86.6 Å². The van der Waals surface area contributed by atoms with E-state index in [9.17, 15) is 9.18 Å². The van der Waals surface area contributed by atoms with E-state index in [0.717, 1.165) is 21.0 Å². The molecule has 2 aromatic heterocycles. The van der Waals surface area contributed by atoms with Crippen molar-refractivity contribution >= 4 is 55.7 Å². The van der Waals surface area contributed by atoms with Crippen LogP contribution in [-0.4, -0.2) is 14.9 Å². The molecule has 0 spiro atoms. The van der Waals surface area contributed by atoms with Gasteiger partial charge >= 0.3 is 5.63 Å². The molecule has 0 amide bonds. The summed E-state index contributed by atoms with van der Waals surface area (Å²) in [5, 5.41) is 11.7. The van der Waals surface area contributed by atoms with E-state index in [1.54, 1.807) is 22.9 Å². The lowest BCUT2D eigenvalue weighted by Crippen LogP contribution is -2.19. The predicted molar refractivity (Wildman–Crippen MR) is 122 cm³/mol. The van der Waals surface area contributed by atoms with Crippen LogP contribution in [0.3, 0.4) is 0 Å². The number of rotatable bonds is 4. The molecule has 9 heteroatoms. The van der Waals surface area contributed by atoms with Gasteiger partial charge < -0.3 is 15.1 Å². The maximum Gasteiger partial charge on any atom is 0.336 e. The second-order valence-corrected chi connectivity index (χ2v) is 7.95. The predicted octanol–water partition coefficient (Wildman–Crippen LogP) is 5.06. The Morgan fingerprint density at radius 1 is 1.20 bits per heavy atom. The molecule has 0 aliphatic carbocycles. The van der Waals surface area contributed by atoms with Gasteiger partial charge in [0.25, 0.3) is 0 Å². The Hall–Kier alpha value is -3.04. The van der Waals surface area contributed by atoms with Gasteiger partial charge in [0.05, 0.1) is 11.0 Å². The summed E-state index contributed by atoms with van der Waals surface area (Å²) >= 11 is 8.84. The molecule has 4 rings (SSSR count). The lowest BCUT2D eigenvalue weighted by molar-refractivity contribution is 0.560. The number of benzene rings is 2. The number of nitrogens with one attached hydrogen (secondary N) is 2. The van der Waals surface area contributed by atoms with E-state index >= 15 is 0 Å². The molecule has 30 heavy (non-hydrogen) atoms. The monoisotopic (exact) mass is 486 g/mol. The third-order valence-corrected chi connectivity index (χ3v) is 5.20. The first-order valence-corrected chi connectivity index (χ1v) is 10.2. The van der Waals surface area contributed by atoms with Crippen LogP contribution < -0.4 is 16.3 Å². The summed E-state index contributed by atoms with van der Waals surface area (Å²) in [6, 6.07) is 13.2. The fourth-order valence-corrected chi connectivity index (χ4v) is 3.64. The Morgan fingerprint density at radius 3 is 2.73 bits per heavy atom. The molecule has 0 saturated carbocycles. The zero-order valence-corrected chi connectivity index (χ0v) is 18.2. The molecule has 0 saturated heterocycles. The van der Waals surface area contributed by atoms with Crippen molar-refractivity contribution in [1.29, 1.82) is 0 Å². The van der Waals surface area contributed by atoms with Crippen LogP contribution in [0.5, 0.6) is 0 Å². The van der Waals surface area contributed by atoms with Gasteiger partial charge in [-0.05, 0) is 70.5 Å². The fraction of sp³-hybridized carbons (Fsp3) is 0.0952. The molecule has 0 atom stereocenters. The van der Waals surface area contributed by atoms with Gasteiger partial charge in [0.2, 0.25) is 0 Å². The normalized spacial score (nSPS) is 10.9. The maximum atomic E-state index is 13.1. The molecular formula is C21H16BrFN4O2S. The zero-order chi connectivity index (χ0) is 21.3. The summed E-state index contributed by atoms with van der Waals surface area (Å²) in [4.78, 5) is 11.6. The average Bonchev–Trinajstić information content (AvgIpc) is 3.01. The average molecular weight is 487 g/mol. The Balaban J connectivity index is 1.46. The molecule has 0 fully saturated rings. The van der Waals surface area contributed by atoms with Crippen molar-refractivity contribution in [2.75, 3.05) is 10.6 Å². The summed E-state index contributed by atoms with van der Waals surface area (Å²) in [6.07, 6.45) is 1.81. The molecule has 2 N–H and O–H groups in total. The van der Waals surface area contributed by atoms with E-state index in [4.69, 9.17) is 16.6 Å². The van der Waals surface area contributed by atoms with Gasteiger partial charge in [-0.15, -0.1) is 0 Å². The minimum absolute atomic E-state index is 0.276. The molecule has 0 unspecified atom stereocenters. The van der Waals surface area contributed by atoms with Crippen LogP contribution in [0.1, 0.15) is 11.1 Å². The van der Waals surface area contributed by atoms with E-state index in [0.29, 0.717) is 28.7 Å². The standard InChI is InChI=1S/C21H16BrFN4O2S/c1-12-8-19(28)29-18-9-15(6-7-16(12)18)24-21(30)25-20-17(22)11-27(26-20)10-13-2-4-14(23)5-3-13/h2-9,11H,10H2,1H3,(H2,24,25,26,30). The largest absolute Gasteiger partial charge is 0.423 e. The first kappa shape index (κ1) is 20.2. The lowest BCUT2D eigenvalue weighted by atomic mass is 10.1. The number of aryl methyl sites for hydroxylation is 1. The molecule has 152 valence electrons. The van der Waals surface area contributed by atoms with Gasteiger partial charge in [0.15, 0.2) is 10.9 Å². The molecule has 4 aromatic rings. The fourth-order valence-electron chi connectivity index (χ4n) is 3.01. The summed E-state index contributed by atoms with van der Waals surface area (Å²) < 4.78 is 20.8. The third kappa shape index (κ3) is 4.58. The van der Waals surface area contributed by atoms with E-state index in [-0.39, 0.29) is 5.82 Å². The van der Waals surface area contributed by atoms with Gasteiger partial charge in [-0.25, -0.2) is 9.18 Å². The highest BCUT2D eigenvalue weighted by molar-refractivity contribution is 9.10. The topological polar surface area (TPSA) is 72.1 Å². The molecule has 0 aliphatic heterocycles. The Bertz CT molecular complexity index is 1300. The van der Waals surface area contributed by atoms with Gasteiger partial charge in [-0.3, -0.25) is 4.68 Å². The number of aromatic nitrogens is 2. The quantitative estimate of drug-likeness (QED) is 0.310. The van der Waals surface area contributed by atoms with Crippen LogP contribution in [0, 0.1) is 12.7 Å². The molecule has 0 radical (unpaired) electrons. The number of halogens is 2. The number of thiocarbonyl (C=S) groups is 1. The van der Waals surface area contributed by atoms with Crippen LogP contribution in [0.2, 0.25) is 0 Å². The Labute approximate surface area is 184 Å². The van der Waals surface area contributed by atoms with Crippen LogP contribution >= 0.6 is 28.1 Å². The summed E-state index contributed by atoms with van der Waals surface area (Å²) in [7, 11) is 0. The van der Waals surface area contributed by atoms with Crippen LogP contribution in [0.25, 0.3) is 11.0 Å². The van der Waals surface area contributed by atoms with Crippen LogP contribution in [0.4, 0.5) is 15.9 Å². The van der Waals surface area contributed by atoms with E-state index in [1.807, 2.05) is 25.3 Å². The molecular weight excluding hydrogens is 471 g/mol. The van der Waals surface area contributed by atoms with Crippen molar-refractivity contribution in [3.8, 4) is 0 Å². The molecule has 0 bridgehead atoms. The third-order valence-electron chi connectivity index (χ3n) is 4.42. The number of nitrogens with zero attached hydrogens (tertiary/aromatic N) is 2. The summed E-state index contributed by atoms with van der Waals surface area (Å²) in [5.41, 5.74) is 2.54. The maximum absolute atomic E-state index is 13.1. The first-order chi connectivity index (χ1) is 14.4. The number of hydrogen-bond donors (Lipinski definition) is 2. The van der Waals surface area contributed by atoms with Gasteiger partial charge in [0, 0.05) is 29.4 Å². The summed E-state index contributed by atoms with van der Waals surface area (Å²) in [6.45, 7) is 2.35. The highest BCUT2D eigenvalue weighted by Gasteiger charge is 2.10. The van der Waals surface area contributed by atoms with Crippen molar-refractivity contribution < 1.29 is 8.81 Å². The van der Waals surface area contributed by atoms with Crippen molar-refractivity contribution in [1.82, 2.24) is 9.78 Å². The second-order valence-electron chi connectivity index (χ2n) is 6.69. The first-order valence-electron chi connectivity index (χ1n) is 8.97. The van der Waals surface area contributed by atoms with Gasteiger partial charge in [0.1, 0.15) is 11.4 Å². The van der Waals surface area contributed by atoms with Gasteiger partial charge in [-0.1, -0.05) is 12.1 Å². The van der Waals surface area contributed by atoms with E-state index in [1.165, 1.54) is 18.2 Å². The van der Waals surface area contributed by atoms with Crippen molar-refractivity contribution in [2.24, 2.45) is 0 Å². The van der Waals surface area contributed by atoms with Crippen molar-refractivity contribution in [3.63, 3.8) is 0 Å². The smallest absolute Gasteiger partial charge is 0.336 e. The lowest BCUT2D eigenvalue weighted by Gasteiger charge is -2.10. The van der Waals surface area contributed by atoms with E-state index in [2.05, 4.69) is 31.7 Å².